The normalized spacial score (nSPS) is 17.8. The zero-order valence-electron chi connectivity index (χ0n) is 12.1. The van der Waals surface area contributed by atoms with Crippen LogP contribution in [0.3, 0.4) is 0 Å². The third-order valence-corrected chi connectivity index (χ3v) is 3.28. The molecule has 0 aromatic carbocycles. The zero-order chi connectivity index (χ0) is 17.1. The van der Waals surface area contributed by atoms with E-state index in [0.717, 1.165) is 0 Å². The van der Waals surface area contributed by atoms with Gasteiger partial charge in [0.1, 0.15) is 23.8 Å². The average molecular weight is 326 g/mol. The largest absolute Gasteiger partial charge is 0.394 e. The van der Waals surface area contributed by atoms with E-state index in [4.69, 9.17) is 5.11 Å². The van der Waals surface area contributed by atoms with Crippen LogP contribution < -0.4 is 21.3 Å². The first-order chi connectivity index (χ1) is 10.9. The van der Waals surface area contributed by atoms with E-state index >= 15 is 0 Å². The van der Waals surface area contributed by atoms with Crippen molar-refractivity contribution in [2.45, 2.75) is 18.3 Å². The lowest BCUT2D eigenvalue weighted by molar-refractivity contribution is -0.0727. The van der Waals surface area contributed by atoms with Crippen molar-refractivity contribution in [3.63, 3.8) is 0 Å². The van der Waals surface area contributed by atoms with Gasteiger partial charge in [0.2, 0.25) is 0 Å². The Balaban J connectivity index is 2.38. The highest BCUT2D eigenvalue weighted by Gasteiger charge is 2.28. The van der Waals surface area contributed by atoms with E-state index < -0.39 is 37.1 Å². The molecule has 23 heavy (non-hydrogen) atoms. The van der Waals surface area contributed by atoms with Gasteiger partial charge in [-0.2, -0.15) is 0 Å². The SMILES string of the molecule is C=c1nc2c(c(=O)[nH]1)=NC(CO)=CN2C[C@H](O)[C@H](O)[C@H](O)CO. The van der Waals surface area contributed by atoms with Gasteiger partial charge >= 0.3 is 0 Å². The monoisotopic (exact) mass is 326 g/mol. The minimum Gasteiger partial charge on any atom is -0.394 e. The molecule has 0 bridgehead atoms. The summed E-state index contributed by atoms with van der Waals surface area (Å²) in [6.07, 6.45) is -3.21. The zero-order valence-corrected chi connectivity index (χ0v) is 12.1. The van der Waals surface area contributed by atoms with Crippen LogP contribution in [0.1, 0.15) is 0 Å². The van der Waals surface area contributed by atoms with E-state index in [1.807, 2.05) is 0 Å². The molecule has 2 heterocycles. The number of hydrogen-bond acceptors (Lipinski definition) is 9. The quantitative estimate of drug-likeness (QED) is 0.305. The fraction of sp³-hybridized carbons (Fsp3) is 0.462. The van der Waals surface area contributed by atoms with E-state index in [2.05, 4.69) is 21.5 Å². The smallest absolute Gasteiger partial charge is 0.279 e. The topological polar surface area (TPSA) is 162 Å². The Morgan fingerprint density at radius 2 is 1.96 bits per heavy atom. The van der Waals surface area contributed by atoms with Gasteiger partial charge in [-0.05, 0) is 0 Å². The third-order valence-electron chi connectivity index (χ3n) is 3.28. The number of aromatic amines is 1. The molecule has 0 saturated heterocycles. The van der Waals surface area contributed by atoms with Gasteiger partial charge in [0.05, 0.1) is 25.5 Å². The molecule has 126 valence electrons. The molecule has 1 aliphatic rings. The maximum Gasteiger partial charge on any atom is 0.279 e. The molecule has 0 fully saturated rings. The maximum absolute atomic E-state index is 11.9. The van der Waals surface area contributed by atoms with Crippen molar-refractivity contribution in [3.05, 3.63) is 33.1 Å². The van der Waals surface area contributed by atoms with Crippen molar-refractivity contribution >= 4 is 12.4 Å². The van der Waals surface area contributed by atoms with E-state index in [9.17, 15) is 25.2 Å². The fourth-order valence-electron chi connectivity index (χ4n) is 2.10. The summed E-state index contributed by atoms with van der Waals surface area (Å²) in [6, 6.07) is 0. The average Bonchev–Trinajstić information content (AvgIpc) is 2.53. The molecular formula is C13H18N4O6. The van der Waals surface area contributed by atoms with Gasteiger partial charge in [-0.25, -0.2) is 9.98 Å². The highest BCUT2D eigenvalue weighted by Crippen LogP contribution is 2.13. The van der Waals surface area contributed by atoms with Crippen LogP contribution in [-0.4, -0.2) is 73.6 Å². The molecule has 1 aromatic rings. The van der Waals surface area contributed by atoms with Gasteiger partial charge in [-0.3, -0.25) is 4.79 Å². The molecule has 1 aliphatic heterocycles. The fourth-order valence-corrected chi connectivity index (χ4v) is 2.10. The number of anilines is 1. The van der Waals surface area contributed by atoms with Crippen molar-refractivity contribution in [1.29, 1.82) is 0 Å². The number of nitrogens with zero attached hydrogens (tertiary/aromatic N) is 3. The van der Waals surface area contributed by atoms with Gasteiger partial charge in [-0.1, -0.05) is 6.58 Å². The Morgan fingerprint density at radius 3 is 2.57 bits per heavy atom. The van der Waals surface area contributed by atoms with Crippen LogP contribution in [0.4, 0.5) is 5.82 Å². The van der Waals surface area contributed by atoms with Gasteiger partial charge in [0.25, 0.3) is 5.56 Å². The minimum absolute atomic E-state index is 0.0617. The Hall–Kier alpha value is -2.11. The summed E-state index contributed by atoms with van der Waals surface area (Å²) in [5, 5.41) is 47.1. The molecule has 1 aromatic heterocycles. The van der Waals surface area contributed by atoms with E-state index in [0.29, 0.717) is 0 Å². The molecular weight excluding hydrogens is 308 g/mol. The van der Waals surface area contributed by atoms with Gasteiger partial charge in [-0.15, -0.1) is 0 Å². The third kappa shape index (κ3) is 3.63. The van der Waals surface area contributed by atoms with Crippen molar-refractivity contribution in [2.24, 2.45) is 4.99 Å². The van der Waals surface area contributed by atoms with Gasteiger partial charge in [0, 0.05) is 6.20 Å². The number of hydrogen-bond donors (Lipinski definition) is 6. The van der Waals surface area contributed by atoms with Crippen molar-refractivity contribution < 1.29 is 25.5 Å². The lowest BCUT2D eigenvalue weighted by Crippen LogP contribution is -2.49. The summed E-state index contributed by atoms with van der Waals surface area (Å²) in [5.41, 5.74) is -0.319. The summed E-state index contributed by atoms with van der Waals surface area (Å²) in [4.78, 5) is 23.6. The predicted octanol–water partition coefficient (Wildman–Crippen LogP) is -4.47. The second kappa shape index (κ2) is 6.98. The van der Waals surface area contributed by atoms with Crippen LogP contribution in [0.5, 0.6) is 0 Å². The number of nitrogens with one attached hydrogen (secondary N) is 1. The molecule has 0 radical (unpaired) electrons. The summed E-state index contributed by atoms with van der Waals surface area (Å²) >= 11 is 0. The van der Waals surface area contributed by atoms with Crippen molar-refractivity contribution in [3.8, 4) is 0 Å². The first-order valence-corrected chi connectivity index (χ1v) is 6.78. The van der Waals surface area contributed by atoms with E-state index in [1.54, 1.807) is 0 Å². The van der Waals surface area contributed by atoms with Crippen molar-refractivity contribution in [1.82, 2.24) is 9.97 Å². The first-order valence-electron chi connectivity index (χ1n) is 6.78. The molecule has 0 saturated carbocycles. The Kier molecular flexibility index (Phi) is 5.23. The van der Waals surface area contributed by atoms with Gasteiger partial charge < -0.3 is 35.4 Å². The molecule has 3 atom stereocenters. The Labute approximate surface area is 130 Å². The standard InChI is InChI=1S/C13H18N4O6/c1-6-14-12-10(13(23)15-6)16-7(4-18)2-17(12)3-8(20)11(22)9(21)5-19/h2,8-9,11,18-22H,1,3-5H2,(H,15,23)/t8-,9+,11-/m0/s1. The van der Waals surface area contributed by atoms with Gasteiger partial charge in [0.15, 0.2) is 11.2 Å². The predicted molar refractivity (Wildman–Crippen MR) is 78.8 cm³/mol. The second-order valence-electron chi connectivity index (χ2n) is 5.04. The molecule has 0 aliphatic carbocycles. The first kappa shape index (κ1) is 17.2. The highest BCUT2D eigenvalue weighted by atomic mass is 16.4. The van der Waals surface area contributed by atoms with Crippen LogP contribution in [0.25, 0.3) is 6.58 Å². The number of aromatic nitrogens is 2. The Morgan fingerprint density at radius 1 is 1.26 bits per heavy atom. The summed E-state index contributed by atoms with van der Waals surface area (Å²) < 4.78 is 0. The summed E-state index contributed by atoms with van der Waals surface area (Å²) in [7, 11) is 0. The van der Waals surface area contributed by atoms with E-state index in [-0.39, 0.29) is 28.9 Å². The van der Waals surface area contributed by atoms with Crippen LogP contribution in [-0.2, 0) is 0 Å². The molecule has 0 spiro atoms. The molecule has 10 heteroatoms. The molecule has 10 nitrogen and oxygen atoms in total. The minimum atomic E-state index is -1.60. The number of H-pyrrole nitrogens is 1. The number of fused-ring (bicyclic) bond motifs is 1. The maximum atomic E-state index is 11.9. The molecule has 6 N–H and O–H groups in total. The Bertz CT molecular complexity index is 761. The number of aliphatic hydroxyl groups is 5. The molecule has 0 amide bonds. The number of β-amino-alcohol motifs (C(OH)–C–C–N with tert-alkyl or cyclic N) is 1. The summed E-state index contributed by atoms with van der Waals surface area (Å²) in [5.74, 6) is 0.0979. The molecule has 0 unspecified atom stereocenters. The van der Waals surface area contributed by atoms with Crippen LogP contribution >= 0.6 is 0 Å². The van der Waals surface area contributed by atoms with Crippen LogP contribution in [0.15, 0.2) is 21.7 Å². The van der Waals surface area contributed by atoms with Crippen LogP contribution in [0, 0.1) is 0 Å². The molecule has 2 rings (SSSR count). The second-order valence-corrected chi connectivity index (χ2v) is 5.04. The van der Waals surface area contributed by atoms with Crippen molar-refractivity contribution in [2.75, 3.05) is 24.7 Å². The number of rotatable bonds is 6. The number of aliphatic hydroxyl groups excluding tert-OH is 5. The highest BCUT2D eigenvalue weighted by molar-refractivity contribution is 5.44. The lowest BCUT2D eigenvalue weighted by atomic mass is 10.1. The van der Waals surface area contributed by atoms with Crippen LogP contribution in [0.2, 0.25) is 0 Å². The lowest BCUT2D eigenvalue weighted by Gasteiger charge is -2.28. The summed E-state index contributed by atoms with van der Waals surface area (Å²) in [6.45, 7) is 2.11. The van der Waals surface area contributed by atoms with E-state index in [1.165, 1.54) is 11.1 Å².